The van der Waals surface area contributed by atoms with Gasteiger partial charge in [0.2, 0.25) is 0 Å². The van der Waals surface area contributed by atoms with Crippen molar-refractivity contribution in [3.05, 3.63) is 67.6 Å². The van der Waals surface area contributed by atoms with Gasteiger partial charge >= 0.3 is 0 Å². The summed E-state index contributed by atoms with van der Waals surface area (Å²) in [6.07, 6.45) is 2.08. The molecule has 2 aromatic carbocycles. The highest BCUT2D eigenvalue weighted by Crippen LogP contribution is 2.23. The van der Waals surface area contributed by atoms with Crippen LogP contribution < -0.4 is 5.56 Å². The molecule has 1 heterocycles. The summed E-state index contributed by atoms with van der Waals surface area (Å²) in [6, 6.07) is 10.1. The van der Waals surface area contributed by atoms with E-state index in [2.05, 4.69) is 26.0 Å². The number of aromatic nitrogens is 2. The number of nitrogens with zero attached hydrogens (tertiary/aromatic N) is 3. The average molecular weight is 407 g/mol. The lowest BCUT2D eigenvalue weighted by Crippen LogP contribution is -2.22. The van der Waals surface area contributed by atoms with Gasteiger partial charge < -0.3 is 5.11 Å². The summed E-state index contributed by atoms with van der Waals surface area (Å²) in [5.74, 6) is 0.563. The minimum atomic E-state index is -0.237. The molecule has 0 radical (unpaired) electrons. The van der Waals surface area contributed by atoms with E-state index >= 15 is 0 Å². The third kappa shape index (κ3) is 3.20. The van der Waals surface area contributed by atoms with Crippen molar-refractivity contribution in [2.45, 2.75) is 13.3 Å². The lowest BCUT2D eigenvalue weighted by Gasteiger charge is -2.07. The lowest BCUT2D eigenvalue weighted by atomic mass is 10.2. The number of phenols is 1. The van der Waals surface area contributed by atoms with Gasteiger partial charge in [-0.15, -0.1) is 0 Å². The maximum Gasteiger partial charge on any atom is 0.282 e. The third-order valence-corrected chi connectivity index (χ3v) is 4.28. The number of aromatic hydroxyl groups is 1. The van der Waals surface area contributed by atoms with Crippen LogP contribution in [0.5, 0.6) is 5.75 Å². The molecule has 5 nitrogen and oxygen atoms in total. The molecular weight excluding hydrogens is 394 g/mol. The zero-order chi connectivity index (χ0) is 17.3. The molecule has 0 saturated heterocycles. The molecule has 3 rings (SSSR count). The molecule has 3 aromatic rings. The number of phenolic OH excluding ortho intramolecular Hbond substituents is 1. The first kappa shape index (κ1) is 16.7. The Hall–Kier alpha value is -2.18. The number of hydrogen-bond acceptors (Lipinski definition) is 4. The Morgan fingerprint density at radius 2 is 2.12 bits per heavy atom. The highest BCUT2D eigenvalue weighted by Gasteiger charge is 2.09. The van der Waals surface area contributed by atoms with Crippen LogP contribution in [0.25, 0.3) is 10.9 Å². The fourth-order valence-corrected chi connectivity index (χ4v) is 2.82. The maximum atomic E-state index is 12.7. The quantitative estimate of drug-likeness (QED) is 0.669. The fourth-order valence-electron chi connectivity index (χ4n) is 2.27. The molecule has 122 valence electrons. The van der Waals surface area contributed by atoms with E-state index in [0.717, 1.165) is 4.47 Å². The standard InChI is InChI=1S/C17H13BrClN3O2/c1-2-16-21-14-5-4-11(18)8-12(14)17(24)22(16)20-9-10-3-6-15(23)13(19)7-10/h3-9,23H,2H2,1H3. The first-order valence-corrected chi connectivity index (χ1v) is 8.40. The normalized spacial score (nSPS) is 11.5. The average Bonchev–Trinajstić information content (AvgIpc) is 2.57. The van der Waals surface area contributed by atoms with Gasteiger partial charge in [0.05, 0.1) is 22.1 Å². The molecule has 0 aliphatic carbocycles. The summed E-state index contributed by atoms with van der Waals surface area (Å²) in [4.78, 5) is 17.2. The molecular formula is C17H13BrClN3O2. The van der Waals surface area contributed by atoms with E-state index in [1.165, 1.54) is 17.0 Å². The van der Waals surface area contributed by atoms with Gasteiger partial charge in [-0.1, -0.05) is 34.5 Å². The van der Waals surface area contributed by atoms with Gasteiger partial charge in [-0.2, -0.15) is 9.78 Å². The second kappa shape index (κ2) is 6.75. The number of fused-ring (bicyclic) bond motifs is 1. The number of rotatable bonds is 3. The Balaban J connectivity index is 2.13. The zero-order valence-electron chi connectivity index (χ0n) is 12.7. The molecule has 1 N–H and O–H groups in total. The molecule has 0 spiro atoms. The van der Waals surface area contributed by atoms with Crippen LogP contribution in [-0.4, -0.2) is 21.0 Å². The van der Waals surface area contributed by atoms with Gasteiger partial charge in [-0.25, -0.2) is 4.98 Å². The van der Waals surface area contributed by atoms with Crippen LogP contribution in [0.2, 0.25) is 5.02 Å². The van der Waals surface area contributed by atoms with Gasteiger partial charge in [0.25, 0.3) is 5.56 Å². The van der Waals surface area contributed by atoms with Crippen LogP contribution >= 0.6 is 27.5 Å². The number of benzene rings is 2. The van der Waals surface area contributed by atoms with Gasteiger partial charge in [0.1, 0.15) is 11.6 Å². The molecule has 0 fully saturated rings. The first-order chi connectivity index (χ1) is 11.5. The SMILES string of the molecule is CCc1nc2ccc(Br)cc2c(=O)n1N=Cc1ccc(O)c(Cl)c1. The summed E-state index contributed by atoms with van der Waals surface area (Å²) in [7, 11) is 0. The summed E-state index contributed by atoms with van der Waals surface area (Å²) in [6.45, 7) is 1.91. The summed E-state index contributed by atoms with van der Waals surface area (Å²) < 4.78 is 2.09. The van der Waals surface area contributed by atoms with E-state index in [4.69, 9.17) is 11.6 Å². The van der Waals surface area contributed by atoms with E-state index in [9.17, 15) is 9.90 Å². The summed E-state index contributed by atoms with van der Waals surface area (Å²) in [5, 5.41) is 14.4. The fraction of sp³-hybridized carbons (Fsp3) is 0.118. The van der Waals surface area contributed by atoms with Crippen molar-refractivity contribution < 1.29 is 5.11 Å². The number of hydrogen-bond donors (Lipinski definition) is 1. The minimum Gasteiger partial charge on any atom is -0.506 e. The maximum absolute atomic E-state index is 12.7. The van der Waals surface area contributed by atoms with Gasteiger partial charge in [0.15, 0.2) is 0 Å². The summed E-state index contributed by atoms with van der Waals surface area (Å²) >= 11 is 9.25. The number of aryl methyl sites for hydroxylation is 1. The topological polar surface area (TPSA) is 67.5 Å². The molecule has 0 aliphatic heterocycles. The number of halogens is 2. The van der Waals surface area contributed by atoms with Crippen molar-refractivity contribution in [3.63, 3.8) is 0 Å². The molecule has 0 bridgehead atoms. The minimum absolute atomic E-state index is 0.00236. The Morgan fingerprint density at radius 1 is 1.33 bits per heavy atom. The van der Waals surface area contributed by atoms with Gasteiger partial charge in [-0.05, 0) is 42.0 Å². The van der Waals surface area contributed by atoms with Crippen LogP contribution in [-0.2, 0) is 6.42 Å². The first-order valence-electron chi connectivity index (χ1n) is 7.23. The van der Waals surface area contributed by atoms with E-state index in [-0.39, 0.29) is 16.3 Å². The van der Waals surface area contributed by atoms with Gasteiger partial charge in [-0.3, -0.25) is 4.79 Å². The highest BCUT2D eigenvalue weighted by molar-refractivity contribution is 9.10. The monoisotopic (exact) mass is 405 g/mol. The predicted octanol–water partition coefficient (Wildman–Crippen LogP) is 3.96. The van der Waals surface area contributed by atoms with Crippen molar-refractivity contribution in [3.8, 4) is 5.75 Å². The van der Waals surface area contributed by atoms with E-state index in [1.807, 2.05) is 13.0 Å². The van der Waals surface area contributed by atoms with Crippen molar-refractivity contribution >= 4 is 44.6 Å². The Labute approximate surface area is 151 Å². The second-order valence-corrected chi connectivity index (χ2v) is 6.44. The van der Waals surface area contributed by atoms with E-state index in [0.29, 0.717) is 28.7 Å². The van der Waals surface area contributed by atoms with Crippen LogP contribution in [0, 0.1) is 0 Å². The van der Waals surface area contributed by atoms with Crippen LogP contribution in [0.1, 0.15) is 18.3 Å². The van der Waals surface area contributed by atoms with Crippen molar-refractivity contribution in [1.29, 1.82) is 0 Å². The molecule has 0 amide bonds. The van der Waals surface area contributed by atoms with Crippen molar-refractivity contribution in [2.75, 3.05) is 0 Å². The second-order valence-electron chi connectivity index (χ2n) is 5.12. The molecule has 24 heavy (non-hydrogen) atoms. The Morgan fingerprint density at radius 3 is 2.83 bits per heavy atom. The van der Waals surface area contributed by atoms with Crippen molar-refractivity contribution in [1.82, 2.24) is 9.66 Å². The highest BCUT2D eigenvalue weighted by atomic mass is 79.9. The largest absolute Gasteiger partial charge is 0.506 e. The van der Waals surface area contributed by atoms with E-state index < -0.39 is 0 Å². The van der Waals surface area contributed by atoms with Crippen molar-refractivity contribution in [2.24, 2.45) is 5.10 Å². The molecule has 0 atom stereocenters. The van der Waals surface area contributed by atoms with Gasteiger partial charge in [0, 0.05) is 10.9 Å². The van der Waals surface area contributed by atoms with Crippen LogP contribution in [0.4, 0.5) is 0 Å². The zero-order valence-corrected chi connectivity index (χ0v) is 15.0. The van der Waals surface area contributed by atoms with E-state index in [1.54, 1.807) is 24.3 Å². The van der Waals surface area contributed by atoms with Crippen LogP contribution in [0.15, 0.2) is 50.8 Å². The molecule has 7 heteroatoms. The third-order valence-electron chi connectivity index (χ3n) is 3.49. The smallest absolute Gasteiger partial charge is 0.282 e. The molecule has 1 aromatic heterocycles. The molecule has 0 unspecified atom stereocenters. The summed E-state index contributed by atoms with van der Waals surface area (Å²) in [5.41, 5.74) is 1.07. The lowest BCUT2D eigenvalue weighted by molar-refractivity contribution is 0.475. The Bertz CT molecular complexity index is 1010. The molecule has 0 aliphatic rings. The molecule has 0 saturated carbocycles. The Kier molecular flexibility index (Phi) is 4.69. The predicted molar refractivity (Wildman–Crippen MR) is 99.2 cm³/mol. The van der Waals surface area contributed by atoms with Crippen LogP contribution in [0.3, 0.4) is 0 Å².